The highest BCUT2D eigenvalue weighted by molar-refractivity contribution is 5.93. The monoisotopic (exact) mass is 330 g/mol. The van der Waals surface area contributed by atoms with E-state index in [9.17, 15) is 9.18 Å². The van der Waals surface area contributed by atoms with E-state index in [1.165, 1.54) is 12.1 Å². The van der Waals surface area contributed by atoms with Gasteiger partial charge in [0.1, 0.15) is 0 Å². The minimum atomic E-state index is -0.647. The Bertz CT molecular complexity index is 747. The first kappa shape index (κ1) is 16.3. The molecule has 0 aliphatic carbocycles. The summed E-state index contributed by atoms with van der Waals surface area (Å²) in [5.74, 6) is -0.744. The van der Waals surface area contributed by atoms with Crippen molar-refractivity contribution in [2.24, 2.45) is 0 Å². The number of rotatable bonds is 5. The molecule has 0 aromatic carbocycles. The minimum Gasteiger partial charge on any atom is -0.477 e. The molecule has 2 aromatic rings. The van der Waals surface area contributed by atoms with Gasteiger partial charge in [-0.2, -0.15) is 0 Å². The Morgan fingerprint density at radius 2 is 2.21 bits per heavy atom. The maximum atomic E-state index is 14.1. The Morgan fingerprint density at radius 1 is 1.42 bits per heavy atom. The summed E-state index contributed by atoms with van der Waals surface area (Å²) < 4.78 is 19.5. The largest absolute Gasteiger partial charge is 0.477 e. The lowest BCUT2D eigenvalue weighted by molar-refractivity contribution is 0.0848. The first-order valence-corrected chi connectivity index (χ1v) is 7.82. The molecular weight excluding hydrogens is 311 g/mol. The lowest BCUT2D eigenvalue weighted by Gasteiger charge is -2.36. The molecule has 6 nitrogen and oxygen atoms in total. The average molecular weight is 330 g/mol. The topological polar surface area (TPSA) is 67.3 Å². The van der Waals surface area contributed by atoms with Gasteiger partial charge in [-0.3, -0.25) is 4.79 Å². The van der Waals surface area contributed by atoms with Crippen LogP contribution in [0.5, 0.6) is 5.88 Å². The number of carbonyl (C=O) groups is 1. The Kier molecular flexibility index (Phi) is 4.71. The van der Waals surface area contributed by atoms with Crippen LogP contribution in [0.3, 0.4) is 0 Å². The quantitative estimate of drug-likeness (QED) is 0.904. The average Bonchev–Trinajstić information content (AvgIpc) is 2.55. The maximum absolute atomic E-state index is 14.1. The number of amides is 1. The number of nitrogens with zero attached hydrogens (tertiary/aromatic N) is 3. The van der Waals surface area contributed by atoms with Gasteiger partial charge in [-0.15, -0.1) is 0 Å². The van der Waals surface area contributed by atoms with Crippen molar-refractivity contribution in [1.82, 2.24) is 20.2 Å². The van der Waals surface area contributed by atoms with Crippen molar-refractivity contribution >= 4 is 5.91 Å². The highest BCUT2D eigenvalue weighted by Gasteiger charge is 2.27. The molecule has 0 spiro atoms. The molecule has 1 saturated heterocycles. The number of pyridine rings is 2. The number of carbonyl (C=O) groups excluding carboxylic acids is 1. The number of aromatic nitrogens is 2. The van der Waals surface area contributed by atoms with Crippen molar-refractivity contribution in [2.45, 2.75) is 13.0 Å². The van der Waals surface area contributed by atoms with Crippen LogP contribution in [0.1, 0.15) is 17.4 Å². The van der Waals surface area contributed by atoms with E-state index in [1.54, 1.807) is 18.3 Å². The lowest BCUT2D eigenvalue weighted by Crippen LogP contribution is -2.57. The number of nitrogens with one attached hydrogen (secondary N) is 1. The molecule has 1 aliphatic rings. The number of hydrogen-bond donors (Lipinski definition) is 1. The molecule has 1 fully saturated rings. The lowest BCUT2D eigenvalue weighted by atomic mass is 10.1. The van der Waals surface area contributed by atoms with Crippen molar-refractivity contribution in [3.05, 3.63) is 42.0 Å². The number of hydrogen-bond acceptors (Lipinski definition) is 5. The summed E-state index contributed by atoms with van der Waals surface area (Å²) in [7, 11) is 1.96. The smallest absolute Gasteiger partial charge is 0.273 e. The van der Waals surface area contributed by atoms with Gasteiger partial charge in [-0.25, -0.2) is 14.4 Å². The molecule has 3 rings (SSSR count). The predicted molar refractivity (Wildman–Crippen MR) is 87.3 cm³/mol. The molecule has 0 atom stereocenters. The second-order valence-electron chi connectivity index (χ2n) is 5.71. The van der Waals surface area contributed by atoms with E-state index < -0.39 is 11.7 Å². The van der Waals surface area contributed by atoms with E-state index in [1.807, 2.05) is 14.0 Å². The van der Waals surface area contributed by atoms with Crippen LogP contribution in [0.4, 0.5) is 4.39 Å². The number of ether oxygens (including phenoxy) is 1. The van der Waals surface area contributed by atoms with Gasteiger partial charge in [0, 0.05) is 19.3 Å². The molecule has 1 aliphatic heterocycles. The number of halogens is 1. The zero-order chi connectivity index (χ0) is 17.1. The van der Waals surface area contributed by atoms with Gasteiger partial charge in [0.05, 0.1) is 23.9 Å². The zero-order valence-electron chi connectivity index (χ0n) is 13.6. The zero-order valence-corrected chi connectivity index (χ0v) is 13.6. The second kappa shape index (κ2) is 6.92. The Morgan fingerprint density at radius 3 is 2.92 bits per heavy atom. The molecule has 3 heterocycles. The van der Waals surface area contributed by atoms with E-state index in [0.29, 0.717) is 23.7 Å². The first-order chi connectivity index (χ1) is 11.6. The van der Waals surface area contributed by atoms with E-state index in [2.05, 4.69) is 20.2 Å². The second-order valence-corrected chi connectivity index (χ2v) is 5.71. The Hall–Kier alpha value is -2.54. The Labute approximate surface area is 139 Å². The molecule has 7 heteroatoms. The van der Waals surface area contributed by atoms with Crippen molar-refractivity contribution in [3.63, 3.8) is 0 Å². The van der Waals surface area contributed by atoms with Crippen LogP contribution >= 0.6 is 0 Å². The molecule has 0 radical (unpaired) electrons. The van der Waals surface area contributed by atoms with Gasteiger partial charge >= 0.3 is 0 Å². The molecule has 0 unspecified atom stereocenters. The van der Waals surface area contributed by atoms with E-state index in [4.69, 9.17) is 4.74 Å². The van der Waals surface area contributed by atoms with Crippen molar-refractivity contribution in [1.29, 1.82) is 0 Å². The van der Waals surface area contributed by atoms with Gasteiger partial charge in [0.25, 0.3) is 5.91 Å². The Balaban J connectivity index is 1.87. The SMILES string of the molecule is CCOc1ncccc1-c1ccc(F)c(C(=O)NC2CN(C)C2)n1. The minimum absolute atomic E-state index is 0.0322. The molecular formula is C17H19FN4O2. The van der Waals surface area contributed by atoms with Gasteiger partial charge in [-0.05, 0) is 38.2 Å². The van der Waals surface area contributed by atoms with Crippen LogP contribution in [0, 0.1) is 5.82 Å². The third-order valence-electron chi connectivity index (χ3n) is 3.79. The van der Waals surface area contributed by atoms with Crippen molar-refractivity contribution < 1.29 is 13.9 Å². The van der Waals surface area contributed by atoms with Gasteiger partial charge < -0.3 is 15.0 Å². The fraction of sp³-hybridized carbons (Fsp3) is 0.353. The standard InChI is InChI=1S/C17H19FN4O2/c1-3-24-17-12(5-4-8-19-17)14-7-6-13(18)15(21-14)16(23)20-11-9-22(2)10-11/h4-8,11H,3,9-10H2,1-2H3,(H,20,23). The van der Waals surface area contributed by atoms with E-state index >= 15 is 0 Å². The summed E-state index contributed by atoms with van der Waals surface area (Å²) in [4.78, 5) is 22.7. The third kappa shape index (κ3) is 3.35. The summed E-state index contributed by atoms with van der Waals surface area (Å²) in [5, 5.41) is 2.79. The van der Waals surface area contributed by atoms with E-state index in [-0.39, 0.29) is 11.7 Å². The van der Waals surface area contributed by atoms with Gasteiger partial charge in [-0.1, -0.05) is 0 Å². The molecule has 2 aromatic heterocycles. The van der Waals surface area contributed by atoms with Gasteiger partial charge in [0.15, 0.2) is 11.5 Å². The fourth-order valence-electron chi connectivity index (χ4n) is 2.63. The van der Waals surface area contributed by atoms with Crippen LogP contribution in [0.15, 0.2) is 30.5 Å². The summed E-state index contributed by atoms with van der Waals surface area (Å²) in [6, 6.07) is 6.31. The van der Waals surface area contributed by atoms with Crippen LogP contribution in [0.2, 0.25) is 0 Å². The van der Waals surface area contributed by atoms with Crippen LogP contribution in [0.25, 0.3) is 11.3 Å². The number of likely N-dealkylation sites (tertiary alicyclic amines) is 1. The summed E-state index contributed by atoms with van der Waals surface area (Å²) in [5.41, 5.74) is 0.856. The van der Waals surface area contributed by atoms with Crippen LogP contribution in [-0.4, -0.2) is 53.6 Å². The van der Waals surface area contributed by atoms with Crippen molar-refractivity contribution in [2.75, 3.05) is 26.7 Å². The molecule has 126 valence electrons. The first-order valence-electron chi connectivity index (χ1n) is 7.82. The molecule has 24 heavy (non-hydrogen) atoms. The highest BCUT2D eigenvalue weighted by atomic mass is 19.1. The third-order valence-corrected chi connectivity index (χ3v) is 3.79. The highest BCUT2D eigenvalue weighted by Crippen LogP contribution is 2.27. The summed E-state index contributed by atoms with van der Waals surface area (Å²) >= 11 is 0. The molecule has 1 N–H and O–H groups in total. The molecule has 0 bridgehead atoms. The maximum Gasteiger partial charge on any atom is 0.273 e. The van der Waals surface area contributed by atoms with E-state index in [0.717, 1.165) is 13.1 Å². The predicted octanol–water partition coefficient (Wildman–Crippen LogP) is 1.73. The van der Waals surface area contributed by atoms with Crippen molar-refractivity contribution in [3.8, 4) is 17.1 Å². The van der Waals surface area contributed by atoms with Crippen LogP contribution in [-0.2, 0) is 0 Å². The summed E-state index contributed by atoms with van der Waals surface area (Å²) in [6.07, 6.45) is 1.61. The molecule has 0 saturated carbocycles. The number of likely N-dealkylation sites (N-methyl/N-ethyl adjacent to an activating group) is 1. The van der Waals surface area contributed by atoms with Crippen LogP contribution < -0.4 is 10.1 Å². The molecule has 1 amide bonds. The summed E-state index contributed by atoms with van der Waals surface area (Å²) in [6.45, 7) is 3.81. The van der Waals surface area contributed by atoms with Gasteiger partial charge in [0.2, 0.25) is 5.88 Å². The fourth-order valence-corrected chi connectivity index (χ4v) is 2.63. The normalized spacial score (nSPS) is 15.0.